The molecular formula is C28H32ClN3O5. The molecule has 1 N–H and O–H groups in total. The van der Waals surface area contributed by atoms with Crippen LogP contribution in [-0.4, -0.2) is 78.2 Å². The van der Waals surface area contributed by atoms with Crippen molar-refractivity contribution in [3.8, 4) is 0 Å². The van der Waals surface area contributed by atoms with Gasteiger partial charge in [-0.25, -0.2) is 0 Å². The number of amides is 3. The quantitative estimate of drug-likeness (QED) is 0.646. The van der Waals surface area contributed by atoms with Crippen LogP contribution in [0.2, 0.25) is 5.02 Å². The van der Waals surface area contributed by atoms with Gasteiger partial charge in [0.25, 0.3) is 11.8 Å². The van der Waals surface area contributed by atoms with Crippen LogP contribution in [0.5, 0.6) is 0 Å². The highest BCUT2D eigenvalue weighted by Crippen LogP contribution is 2.39. The minimum atomic E-state index is -0.956. The molecule has 37 heavy (non-hydrogen) atoms. The summed E-state index contributed by atoms with van der Waals surface area (Å²) in [6.45, 7) is 3.93. The van der Waals surface area contributed by atoms with E-state index in [0.717, 1.165) is 18.4 Å². The molecule has 2 aromatic rings. The summed E-state index contributed by atoms with van der Waals surface area (Å²) in [6, 6.07) is 13.4. The number of benzene rings is 2. The van der Waals surface area contributed by atoms with Gasteiger partial charge in [-0.15, -0.1) is 0 Å². The zero-order valence-corrected chi connectivity index (χ0v) is 21.7. The Morgan fingerprint density at radius 1 is 1.05 bits per heavy atom. The Kier molecular flexibility index (Phi) is 7.51. The van der Waals surface area contributed by atoms with Crippen LogP contribution in [0.25, 0.3) is 0 Å². The van der Waals surface area contributed by atoms with E-state index in [2.05, 4.69) is 5.32 Å². The lowest BCUT2D eigenvalue weighted by Crippen LogP contribution is -2.60. The fourth-order valence-electron chi connectivity index (χ4n) is 5.48. The lowest BCUT2D eigenvalue weighted by atomic mass is 9.95. The fraction of sp³-hybridized carbons (Fsp3) is 0.464. The average molecular weight is 526 g/mol. The summed E-state index contributed by atoms with van der Waals surface area (Å²) in [6.07, 6.45) is 2.73. The van der Waals surface area contributed by atoms with Crippen LogP contribution >= 0.6 is 11.6 Å². The van der Waals surface area contributed by atoms with Crippen LogP contribution < -0.4 is 5.32 Å². The molecule has 2 aromatic carbocycles. The molecule has 0 aliphatic carbocycles. The van der Waals surface area contributed by atoms with Gasteiger partial charge in [-0.1, -0.05) is 29.8 Å². The molecule has 9 heteroatoms. The van der Waals surface area contributed by atoms with Gasteiger partial charge in [0.05, 0.1) is 12.7 Å². The monoisotopic (exact) mass is 525 g/mol. The highest BCUT2D eigenvalue weighted by molar-refractivity contribution is 6.30. The minimum Gasteiger partial charge on any atom is -0.376 e. The predicted molar refractivity (Wildman–Crippen MR) is 138 cm³/mol. The summed E-state index contributed by atoms with van der Waals surface area (Å²) in [5, 5.41) is 3.55. The van der Waals surface area contributed by atoms with E-state index < -0.39 is 11.8 Å². The maximum Gasteiger partial charge on any atom is 0.257 e. The van der Waals surface area contributed by atoms with Crippen molar-refractivity contribution in [2.45, 2.75) is 50.5 Å². The molecule has 0 aromatic heterocycles. The summed E-state index contributed by atoms with van der Waals surface area (Å²) >= 11 is 5.97. The molecule has 3 saturated heterocycles. The largest absolute Gasteiger partial charge is 0.376 e. The van der Waals surface area contributed by atoms with E-state index in [1.54, 1.807) is 40.1 Å². The van der Waals surface area contributed by atoms with Crippen molar-refractivity contribution in [2.75, 3.05) is 32.8 Å². The second-order valence-corrected chi connectivity index (χ2v) is 10.4. The Hall–Kier alpha value is -2.94. The summed E-state index contributed by atoms with van der Waals surface area (Å²) in [5.74, 6) is -0.563. The molecule has 3 aliphatic heterocycles. The van der Waals surface area contributed by atoms with E-state index >= 15 is 0 Å². The number of aryl methyl sites for hydroxylation is 1. The van der Waals surface area contributed by atoms with Crippen molar-refractivity contribution in [3.05, 3.63) is 70.2 Å². The van der Waals surface area contributed by atoms with Gasteiger partial charge >= 0.3 is 0 Å². The lowest BCUT2D eigenvalue weighted by molar-refractivity contribution is -0.128. The van der Waals surface area contributed by atoms with Gasteiger partial charge in [0.2, 0.25) is 5.91 Å². The average Bonchev–Trinajstić information content (AvgIpc) is 3.56. The van der Waals surface area contributed by atoms with Gasteiger partial charge in [0, 0.05) is 55.2 Å². The van der Waals surface area contributed by atoms with E-state index in [9.17, 15) is 14.4 Å². The molecule has 1 spiro atoms. The van der Waals surface area contributed by atoms with Crippen molar-refractivity contribution in [2.24, 2.45) is 0 Å². The van der Waals surface area contributed by atoms with Crippen molar-refractivity contribution in [1.29, 1.82) is 0 Å². The molecule has 0 saturated carbocycles. The molecule has 196 valence electrons. The van der Waals surface area contributed by atoms with Gasteiger partial charge in [0.15, 0.2) is 0 Å². The predicted octanol–water partition coefficient (Wildman–Crippen LogP) is 3.42. The van der Waals surface area contributed by atoms with Crippen LogP contribution in [0.1, 0.15) is 52.0 Å². The number of ether oxygens (including phenoxy) is 2. The number of hydrogen-bond acceptors (Lipinski definition) is 5. The number of likely N-dealkylation sites (tertiary alicyclic amines) is 1. The highest BCUT2D eigenvalue weighted by atomic mass is 35.5. The molecular weight excluding hydrogens is 494 g/mol. The summed E-state index contributed by atoms with van der Waals surface area (Å²) < 4.78 is 11.9. The molecule has 0 radical (unpaired) electrons. The minimum absolute atomic E-state index is 0.00266. The molecule has 3 aliphatic rings. The molecule has 0 unspecified atom stereocenters. The smallest absolute Gasteiger partial charge is 0.257 e. The molecule has 8 nitrogen and oxygen atoms in total. The molecule has 3 fully saturated rings. The Morgan fingerprint density at radius 3 is 2.46 bits per heavy atom. The van der Waals surface area contributed by atoms with Crippen LogP contribution in [0.4, 0.5) is 0 Å². The van der Waals surface area contributed by atoms with E-state index in [1.165, 1.54) is 0 Å². The van der Waals surface area contributed by atoms with Gasteiger partial charge < -0.3 is 19.7 Å². The highest BCUT2D eigenvalue weighted by Gasteiger charge is 2.54. The van der Waals surface area contributed by atoms with Gasteiger partial charge in [-0.2, -0.15) is 0 Å². The standard InChI is InChI=1S/C28H32ClN3O5/c1-19-5-2-3-7-23(19)27(35)32-24(25(33)30-17-22-6-4-16-36-22)18-37-28(32)12-14-31(15-13-28)26(34)20-8-10-21(29)11-9-20/h2-3,5,7-11,22,24H,4,6,12-18H2,1H3,(H,30,33)/t22-,24-/m0/s1. The van der Waals surface area contributed by atoms with E-state index in [0.29, 0.717) is 55.2 Å². The Morgan fingerprint density at radius 2 is 1.78 bits per heavy atom. The SMILES string of the molecule is Cc1ccccc1C(=O)N1[C@H](C(=O)NC[C@@H]2CCCO2)COC12CCN(C(=O)c1ccc(Cl)cc1)CC2. The van der Waals surface area contributed by atoms with E-state index in [4.69, 9.17) is 21.1 Å². The first kappa shape index (κ1) is 25.7. The van der Waals surface area contributed by atoms with Gasteiger partial charge in [-0.05, 0) is 55.7 Å². The first-order chi connectivity index (χ1) is 17.9. The van der Waals surface area contributed by atoms with Crippen LogP contribution in [0.15, 0.2) is 48.5 Å². The molecule has 0 bridgehead atoms. The number of carbonyl (C=O) groups is 3. The van der Waals surface area contributed by atoms with E-state index in [-0.39, 0.29) is 30.4 Å². The van der Waals surface area contributed by atoms with Crippen molar-refractivity contribution in [3.63, 3.8) is 0 Å². The number of halogens is 1. The zero-order valence-electron chi connectivity index (χ0n) is 21.0. The van der Waals surface area contributed by atoms with Gasteiger partial charge in [-0.3, -0.25) is 19.3 Å². The van der Waals surface area contributed by atoms with Gasteiger partial charge in [0.1, 0.15) is 11.8 Å². The van der Waals surface area contributed by atoms with Crippen LogP contribution in [-0.2, 0) is 14.3 Å². The maximum atomic E-state index is 13.9. The molecule has 3 heterocycles. The number of hydrogen-bond donors (Lipinski definition) is 1. The summed E-state index contributed by atoms with van der Waals surface area (Å²) in [4.78, 5) is 43.7. The summed E-state index contributed by atoms with van der Waals surface area (Å²) in [7, 11) is 0. The van der Waals surface area contributed by atoms with Crippen molar-refractivity contribution < 1.29 is 23.9 Å². The van der Waals surface area contributed by atoms with Crippen molar-refractivity contribution in [1.82, 2.24) is 15.1 Å². The summed E-state index contributed by atoms with van der Waals surface area (Å²) in [5.41, 5.74) is 0.987. The zero-order chi connectivity index (χ0) is 26.0. The third-order valence-electron chi connectivity index (χ3n) is 7.61. The molecule has 2 atom stereocenters. The second kappa shape index (κ2) is 10.8. The third kappa shape index (κ3) is 5.23. The first-order valence-corrected chi connectivity index (χ1v) is 13.2. The number of nitrogens with zero attached hydrogens (tertiary/aromatic N) is 2. The first-order valence-electron chi connectivity index (χ1n) is 12.9. The molecule has 3 amide bonds. The lowest BCUT2D eigenvalue weighted by Gasteiger charge is -2.44. The fourth-order valence-corrected chi connectivity index (χ4v) is 5.61. The third-order valence-corrected chi connectivity index (χ3v) is 7.86. The number of piperidine rings is 1. The normalized spacial score (nSPS) is 22.9. The van der Waals surface area contributed by atoms with E-state index in [1.807, 2.05) is 25.1 Å². The molecule has 5 rings (SSSR count). The Labute approximate surface area is 221 Å². The number of nitrogens with one attached hydrogen (secondary N) is 1. The van der Waals surface area contributed by atoms with Crippen LogP contribution in [0, 0.1) is 6.92 Å². The van der Waals surface area contributed by atoms with Crippen LogP contribution in [0.3, 0.4) is 0 Å². The topological polar surface area (TPSA) is 88.2 Å². The van der Waals surface area contributed by atoms with Crippen molar-refractivity contribution >= 4 is 29.3 Å². The maximum absolute atomic E-state index is 13.9. The Balaban J connectivity index is 1.35. The number of rotatable bonds is 5. The Bertz CT molecular complexity index is 1160. The number of carbonyl (C=O) groups excluding carboxylic acids is 3. The second-order valence-electron chi connectivity index (χ2n) is 9.94.